The maximum absolute atomic E-state index is 5.65. The van der Waals surface area contributed by atoms with Crippen molar-refractivity contribution in [1.29, 1.82) is 0 Å². The van der Waals surface area contributed by atoms with Crippen LogP contribution in [0.3, 0.4) is 0 Å². The molecule has 0 N–H and O–H groups in total. The third kappa shape index (κ3) is 4.55. The van der Waals surface area contributed by atoms with Gasteiger partial charge in [-0.3, -0.25) is 0 Å². The lowest BCUT2D eigenvalue weighted by Gasteiger charge is -2.14. The summed E-state index contributed by atoms with van der Waals surface area (Å²) in [6.07, 6.45) is 0. The van der Waals surface area contributed by atoms with E-state index < -0.39 is 0 Å². The second kappa shape index (κ2) is 10.1. The van der Waals surface area contributed by atoms with Gasteiger partial charge in [-0.15, -0.1) is 0 Å². The van der Waals surface area contributed by atoms with Crippen molar-refractivity contribution in [3.05, 3.63) is 72.8 Å². The number of rotatable bonds is 8. The van der Waals surface area contributed by atoms with Gasteiger partial charge in [-0.1, -0.05) is 24.3 Å². The molecule has 5 aromatic rings. The molecule has 0 saturated heterocycles. The first-order chi connectivity index (χ1) is 17.2. The number of aromatic nitrogens is 3. The smallest absolute Gasteiger partial charge is 0.131 e. The first-order valence-corrected chi connectivity index (χ1v) is 12.2. The summed E-state index contributed by atoms with van der Waals surface area (Å²) in [6, 6.07) is 23.9. The van der Waals surface area contributed by atoms with Gasteiger partial charge in [0.25, 0.3) is 0 Å². The Kier molecular flexibility index (Phi) is 6.59. The average molecular weight is 484 g/mol. The van der Waals surface area contributed by atoms with Crippen LogP contribution in [0.4, 0.5) is 0 Å². The van der Waals surface area contributed by atoms with E-state index in [9.17, 15) is 0 Å². The molecule has 0 fully saturated rings. The molecule has 0 bridgehead atoms. The highest BCUT2D eigenvalue weighted by molar-refractivity contribution is 7.00. The van der Waals surface area contributed by atoms with E-state index in [0.29, 0.717) is 13.2 Å². The molecule has 3 aromatic carbocycles. The maximum Gasteiger partial charge on any atom is 0.131 e. The summed E-state index contributed by atoms with van der Waals surface area (Å²) in [5.74, 6) is 2.41. The summed E-state index contributed by atoms with van der Waals surface area (Å²) in [5, 5.41) is 0. The summed E-state index contributed by atoms with van der Waals surface area (Å²) in [7, 11) is 1.67. The number of fused-ring (bicyclic) bond motifs is 1. The van der Waals surface area contributed by atoms with Crippen LogP contribution in [0.1, 0.15) is 13.8 Å². The van der Waals surface area contributed by atoms with Gasteiger partial charge in [-0.25, -0.2) is 4.98 Å². The van der Waals surface area contributed by atoms with Crippen molar-refractivity contribution in [3.63, 3.8) is 0 Å². The maximum atomic E-state index is 5.65. The van der Waals surface area contributed by atoms with E-state index in [-0.39, 0.29) is 0 Å². The predicted molar refractivity (Wildman–Crippen MR) is 140 cm³/mol. The normalized spacial score (nSPS) is 10.9. The van der Waals surface area contributed by atoms with E-state index in [2.05, 4.69) is 4.37 Å². The highest BCUT2D eigenvalue weighted by Gasteiger charge is 2.21. The van der Waals surface area contributed by atoms with Crippen molar-refractivity contribution in [2.75, 3.05) is 20.3 Å². The van der Waals surface area contributed by atoms with Crippen molar-refractivity contribution in [2.24, 2.45) is 0 Å². The Morgan fingerprint density at radius 3 is 1.91 bits per heavy atom. The summed E-state index contributed by atoms with van der Waals surface area (Å²) in [5.41, 5.74) is 7.00. The molecule has 0 saturated carbocycles. The Morgan fingerprint density at radius 1 is 0.657 bits per heavy atom. The summed E-state index contributed by atoms with van der Waals surface area (Å²) in [6.45, 7) is 5.18. The summed E-state index contributed by atoms with van der Waals surface area (Å²) >= 11 is 1.19. The molecule has 0 aliphatic heterocycles. The molecule has 7 heteroatoms. The standard InChI is InChI=1S/C28H25N3O3S/c1-4-33-21-13-9-18(10-14-21)24-25(20-7-6-8-23(17-20)32-3)29-26(28-27(24)30-35-31-28)19-11-15-22(16-12-19)34-5-2/h6-17H,4-5H2,1-3H3. The molecule has 2 aromatic heterocycles. The number of nitrogens with zero attached hydrogens (tertiary/aromatic N) is 3. The molecule has 5 rings (SSSR count). The number of hydrogen-bond donors (Lipinski definition) is 0. The third-order valence-electron chi connectivity index (χ3n) is 5.65. The van der Waals surface area contributed by atoms with Crippen LogP contribution in [0.5, 0.6) is 17.2 Å². The molecule has 0 aliphatic rings. The fourth-order valence-corrected chi connectivity index (χ4v) is 4.61. The highest BCUT2D eigenvalue weighted by atomic mass is 32.1. The molecule has 0 amide bonds. The van der Waals surface area contributed by atoms with E-state index >= 15 is 0 Å². The molecule has 0 aliphatic carbocycles. The number of methoxy groups -OCH3 is 1. The topological polar surface area (TPSA) is 66.4 Å². The van der Waals surface area contributed by atoms with Gasteiger partial charge in [0.2, 0.25) is 0 Å². The van der Waals surface area contributed by atoms with Gasteiger partial charge in [0, 0.05) is 16.7 Å². The molecule has 2 heterocycles. The second-order valence-electron chi connectivity index (χ2n) is 7.79. The Balaban J connectivity index is 1.75. The zero-order valence-electron chi connectivity index (χ0n) is 19.8. The Bertz CT molecular complexity index is 1450. The Hall–Kier alpha value is -3.97. The SMILES string of the molecule is CCOc1ccc(-c2nc(-c3cccc(OC)c3)c(-c3ccc(OCC)cc3)c3nsnc23)cc1. The molecule has 0 radical (unpaired) electrons. The van der Waals surface area contributed by atoms with Crippen molar-refractivity contribution in [1.82, 2.24) is 13.7 Å². The Labute approximate surface area is 208 Å². The first-order valence-electron chi connectivity index (χ1n) is 11.5. The average Bonchev–Trinajstić information content (AvgIpc) is 3.39. The lowest BCUT2D eigenvalue weighted by molar-refractivity contribution is 0.340. The van der Waals surface area contributed by atoms with Gasteiger partial charge in [0.1, 0.15) is 34.0 Å². The zero-order valence-corrected chi connectivity index (χ0v) is 20.6. The fraction of sp³-hybridized carbons (Fsp3) is 0.179. The van der Waals surface area contributed by atoms with Crippen molar-refractivity contribution >= 4 is 22.8 Å². The number of benzene rings is 3. The van der Waals surface area contributed by atoms with E-state index in [1.54, 1.807) is 7.11 Å². The van der Waals surface area contributed by atoms with Crippen molar-refractivity contribution in [2.45, 2.75) is 13.8 Å². The zero-order chi connectivity index (χ0) is 24.2. The molecular formula is C28H25N3O3S. The molecule has 0 spiro atoms. The van der Waals surface area contributed by atoms with E-state index in [4.69, 9.17) is 23.6 Å². The van der Waals surface area contributed by atoms with E-state index in [0.717, 1.165) is 61.9 Å². The lowest BCUT2D eigenvalue weighted by Crippen LogP contribution is -1.97. The van der Waals surface area contributed by atoms with E-state index in [1.165, 1.54) is 11.7 Å². The minimum atomic E-state index is 0.618. The highest BCUT2D eigenvalue weighted by Crippen LogP contribution is 2.41. The summed E-state index contributed by atoms with van der Waals surface area (Å²) < 4.78 is 26.1. The first kappa shape index (κ1) is 22.8. The van der Waals surface area contributed by atoms with Crippen LogP contribution in [-0.4, -0.2) is 34.1 Å². The minimum absolute atomic E-state index is 0.618. The van der Waals surface area contributed by atoms with Crippen LogP contribution in [0.15, 0.2) is 72.8 Å². The van der Waals surface area contributed by atoms with Gasteiger partial charge in [0.15, 0.2) is 0 Å². The van der Waals surface area contributed by atoms with Crippen LogP contribution in [0.2, 0.25) is 0 Å². The third-order valence-corrected chi connectivity index (χ3v) is 6.17. The van der Waals surface area contributed by atoms with Gasteiger partial charge in [0.05, 0.1) is 37.7 Å². The van der Waals surface area contributed by atoms with Crippen molar-refractivity contribution < 1.29 is 14.2 Å². The number of ether oxygens (including phenoxy) is 3. The predicted octanol–water partition coefficient (Wildman–Crippen LogP) is 6.89. The lowest BCUT2D eigenvalue weighted by atomic mass is 9.96. The van der Waals surface area contributed by atoms with Gasteiger partial charge < -0.3 is 14.2 Å². The van der Waals surface area contributed by atoms with Crippen molar-refractivity contribution in [3.8, 4) is 50.9 Å². The molecule has 0 unspecified atom stereocenters. The van der Waals surface area contributed by atoms with Gasteiger partial charge >= 0.3 is 0 Å². The van der Waals surface area contributed by atoms with Gasteiger partial charge in [-0.05, 0) is 67.9 Å². The second-order valence-corrected chi connectivity index (χ2v) is 8.32. The molecular weight excluding hydrogens is 458 g/mol. The monoisotopic (exact) mass is 483 g/mol. The van der Waals surface area contributed by atoms with Crippen LogP contribution in [-0.2, 0) is 0 Å². The minimum Gasteiger partial charge on any atom is -0.497 e. The quantitative estimate of drug-likeness (QED) is 0.239. The molecule has 6 nitrogen and oxygen atoms in total. The molecule has 176 valence electrons. The van der Waals surface area contributed by atoms with Gasteiger partial charge in [-0.2, -0.15) is 8.75 Å². The van der Waals surface area contributed by atoms with Crippen LogP contribution in [0, 0.1) is 0 Å². The molecule has 0 atom stereocenters. The number of pyridine rings is 1. The van der Waals surface area contributed by atoms with Crippen LogP contribution < -0.4 is 14.2 Å². The Morgan fingerprint density at radius 2 is 1.29 bits per heavy atom. The largest absolute Gasteiger partial charge is 0.497 e. The van der Waals surface area contributed by atoms with E-state index in [1.807, 2.05) is 86.6 Å². The van der Waals surface area contributed by atoms with Crippen LogP contribution in [0.25, 0.3) is 44.7 Å². The molecule has 35 heavy (non-hydrogen) atoms. The summed E-state index contributed by atoms with van der Waals surface area (Å²) in [4.78, 5) is 5.18. The fourth-order valence-electron chi connectivity index (χ4n) is 4.05. The van der Waals surface area contributed by atoms with Crippen LogP contribution >= 0.6 is 11.7 Å². The number of hydrogen-bond acceptors (Lipinski definition) is 7.